The first-order valence-electron chi connectivity index (χ1n) is 8.17. The zero-order valence-corrected chi connectivity index (χ0v) is 13.5. The first-order chi connectivity index (χ1) is 10.1. The molecule has 5 heteroatoms. The topological polar surface area (TPSA) is 72.9 Å². The quantitative estimate of drug-likeness (QED) is 0.876. The van der Waals surface area contributed by atoms with Gasteiger partial charge in [0, 0.05) is 13.1 Å². The largest absolute Gasteiger partial charge is 0.395 e. The molecule has 1 aliphatic carbocycles. The van der Waals surface area contributed by atoms with Gasteiger partial charge in [0.1, 0.15) is 5.69 Å². The zero-order chi connectivity index (χ0) is 15.4. The normalized spacial score (nSPS) is 22.2. The molecule has 1 amide bonds. The monoisotopic (exact) mass is 292 g/mol. The first kappa shape index (κ1) is 15.9. The fraction of sp³-hybridized carbons (Fsp3) is 0.750. The molecule has 0 aromatic carbocycles. The molecule has 0 aliphatic heterocycles. The second-order valence-electron chi connectivity index (χ2n) is 6.17. The Kier molecular flexibility index (Phi) is 5.26. The molecule has 3 N–H and O–H groups in total. The molecule has 1 aliphatic rings. The standard InChI is InChI=1S/C16H28N4O/c1-4-12-6-8-13(9-7-12)10-18-16(21)15-14(17)11(3)19-20(15)5-2/h12-13H,4-10,17H2,1-3H3,(H,18,21). The summed E-state index contributed by atoms with van der Waals surface area (Å²) in [6, 6.07) is 0. The van der Waals surface area contributed by atoms with E-state index in [1.807, 2.05) is 13.8 Å². The highest BCUT2D eigenvalue weighted by molar-refractivity contribution is 5.97. The van der Waals surface area contributed by atoms with Gasteiger partial charge in [-0.3, -0.25) is 9.48 Å². The van der Waals surface area contributed by atoms with Crippen LogP contribution in [0.2, 0.25) is 0 Å². The van der Waals surface area contributed by atoms with Crippen molar-refractivity contribution in [2.75, 3.05) is 12.3 Å². The maximum Gasteiger partial charge on any atom is 0.271 e. The number of hydrogen-bond donors (Lipinski definition) is 2. The number of amides is 1. The number of nitrogen functional groups attached to an aromatic ring is 1. The fourth-order valence-electron chi connectivity index (χ4n) is 3.23. The lowest BCUT2D eigenvalue weighted by molar-refractivity contribution is 0.0931. The third kappa shape index (κ3) is 3.57. The summed E-state index contributed by atoms with van der Waals surface area (Å²) in [5.74, 6) is 1.40. The van der Waals surface area contributed by atoms with Crippen LogP contribution in [0.5, 0.6) is 0 Å². The Balaban J connectivity index is 1.91. The summed E-state index contributed by atoms with van der Waals surface area (Å²) in [7, 11) is 0. The molecule has 1 saturated carbocycles. The van der Waals surface area contributed by atoms with Crippen molar-refractivity contribution in [3.05, 3.63) is 11.4 Å². The number of nitrogens with zero attached hydrogens (tertiary/aromatic N) is 2. The fourth-order valence-corrected chi connectivity index (χ4v) is 3.23. The molecule has 0 unspecified atom stereocenters. The van der Waals surface area contributed by atoms with E-state index in [0.29, 0.717) is 23.8 Å². The van der Waals surface area contributed by atoms with Gasteiger partial charge in [-0.05, 0) is 38.5 Å². The average Bonchev–Trinajstić information content (AvgIpc) is 2.80. The van der Waals surface area contributed by atoms with Gasteiger partial charge >= 0.3 is 0 Å². The van der Waals surface area contributed by atoms with E-state index in [2.05, 4.69) is 17.3 Å². The van der Waals surface area contributed by atoms with E-state index in [9.17, 15) is 4.79 Å². The molecular weight excluding hydrogens is 264 g/mol. The van der Waals surface area contributed by atoms with Crippen molar-refractivity contribution < 1.29 is 4.79 Å². The number of aryl methyl sites for hydroxylation is 2. The molecule has 0 bridgehead atoms. The van der Waals surface area contributed by atoms with E-state index < -0.39 is 0 Å². The molecule has 0 saturated heterocycles. The van der Waals surface area contributed by atoms with Gasteiger partial charge in [0.15, 0.2) is 0 Å². The van der Waals surface area contributed by atoms with Crippen LogP contribution in [-0.2, 0) is 6.54 Å². The SMILES string of the molecule is CCC1CCC(CNC(=O)c2c(N)c(C)nn2CC)CC1. The molecule has 0 radical (unpaired) electrons. The lowest BCUT2D eigenvalue weighted by Crippen LogP contribution is -2.33. The Hall–Kier alpha value is -1.52. The van der Waals surface area contributed by atoms with Crippen LogP contribution in [-0.4, -0.2) is 22.2 Å². The number of anilines is 1. The van der Waals surface area contributed by atoms with Gasteiger partial charge in [-0.25, -0.2) is 0 Å². The molecule has 118 valence electrons. The van der Waals surface area contributed by atoms with Gasteiger partial charge in [-0.1, -0.05) is 26.2 Å². The number of carbonyl (C=O) groups is 1. The van der Waals surface area contributed by atoms with Gasteiger partial charge in [-0.2, -0.15) is 5.10 Å². The third-order valence-electron chi connectivity index (χ3n) is 4.78. The Morgan fingerprint density at radius 2 is 1.90 bits per heavy atom. The highest BCUT2D eigenvalue weighted by Gasteiger charge is 2.23. The highest BCUT2D eigenvalue weighted by atomic mass is 16.2. The maximum absolute atomic E-state index is 12.4. The zero-order valence-electron chi connectivity index (χ0n) is 13.5. The second-order valence-corrected chi connectivity index (χ2v) is 6.17. The van der Waals surface area contributed by atoms with Gasteiger partial charge in [0.25, 0.3) is 5.91 Å². The Morgan fingerprint density at radius 1 is 1.29 bits per heavy atom. The van der Waals surface area contributed by atoms with E-state index in [4.69, 9.17) is 5.73 Å². The molecule has 2 rings (SSSR count). The Bertz CT molecular complexity index is 487. The van der Waals surface area contributed by atoms with E-state index in [1.54, 1.807) is 4.68 Å². The number of nitrogens with one attached hydrogen (secondary N) is 1. The Labute approximate surface area is 127 Å². The summed E-state index contributed by atoms with van der Waals surface area (Å²) in [5.41, 5.74) is 7.72. The smallest absolute Gasteiger partial charge is 0.271 e. The summed E-state index contributed by atoms with van der Waals surface area (Å²) in [6.07, 6.45) is 6.32. The minimum Gasteiger partial charge on any atom is -0.395 e. The summed E-state index contributed by atoms with van der Waals surface area (Å²) in [4.78, 5) is 12.4. The molecule has 1 aromatic heterocycles. The average molecular weight is 292 g/mol. The van der Waals surface area contributed by atoms with Crippen LogP contribution in [0.4, 0.5) is 5.69 Å². The van der Waals surface area contributed by atoms with Crippen LogP contribution in [0.15, 0.2) is 0 Å². The van der Waals surface area contributed by atoms with Crippen molar-refractivity contribution >= 4 is 11.6 Å². The number of rotatable bonds is 5. The molecule has 1 fully saturated rings. The lowest BCUT2D eigenvalue weighted by atomic mass is 9.81. The number of hydrogen-bond acceptors (Lipinski definition) is 3. The molecule has 5 nitrogen and oxygen atoms in total. The number of carbonyl (C=O) groups excluding carboxylic acids is 1. The van der Waals surface area contributed by atoms with Crippen molar-refractivity contribution in [2.24, 2.45) is 11.8 Å². The third-order valence-corrected chi connectivity index (χ3v) is 4.78. The molecule has 1 aromatic rings. The van der Waals surface area contributed by atoms with Crippen molar-refractivity contribution in [1.29, 1.82) is 0 Å². The molecule has 0 atom stereocenters. The highest BCUT2D eigenvalue weighted by Crippen LogP contribution is 2.30. The van der Waals surface area contributed by atoms with Gasteiger partial charge in [-0.15, -0.1) is 0 Å². The van der Waals surface area contributed by atoms with Crippen LogP contribution >= 0.6 is 0 Å². The van der Waals surface area contributed by atoms with Gasteiger partial charge < -0.3 is 11.1 Å². The van der Waals surface area contributed by atoms with Crippen LogP contribution in [0.1, 0.15) is 62.1 Å². The minimum absolute atomic E-state index is 0.0902. The van der Waals surface area contributed by atoms with Crippen LogP contribution < -0.4 is 11.1 Å². The maximum atomic E-state index is 12.4. The van der Waals surface area contributed by atoms with Crippen LogP contribution in [0.3, 0.4) is 0 Å². The van der Waals surface area contributed by atoms with Crippen molar-refractivity contribution in [1.82, 2.24) is 15.1 Å². The lowest BCUT2D eigenvalue weighted by Gasteiger charge is -2.27. The molecule has 1 heterocycles. The van der Waals surface area contributed by atoms with Crippen LogP contribution in [0, 0.1) is 18.8 Å². The van der Waals surface area contributed by atoms with E-state index >= 15 is 0 Å². The van der Waals surface area contributed by atoms with Crippen LogP contribution in [0.25, 0.3) is 0 Å². The predicted molar refractivity (Wildman–Crippen MR) is 85.1 cm³/mol. The first-order valence-corrected chi connectivity index (χ1v) is 8.17. The number of nitrogens with two attached hydrogens (primary N) is 1. The summed E-state index contributed by atoms with van der Waals surface area (Å²) in [5, 5.41) is 7.35. The van der Waals surface area contributed by atoms with Crippen molar-refractivity contribution in [2.45, 2.75) is 59.4 Å². The second kappa shape index (κ2) is 6.96. The van der Waals surface area contributed by atoms with Gasteiger partial charge in [0.05, 0.1) is 11.4 Å². The predicted octanol–water partition coefficient (Wildman–Crippen LogP) is 2.74. The van der Waals surface area contributed by atoms with Gasteiger partial charge in [0.2, 0.25) is 0 Å². The number of aromatic nitrogens is 2. The summed E-state index contributed by atoms with van der Waals surface area (Å²) >= 11 is 0. The van der Waals surface area contributed by atoms with Crippen molar-refractivity contribution in [3.63, 3.8) is 0 Å². The summed E-state index contributed by atoms with van der Waals surface area (Å²) < 4.78 is 1.69. The van der Waals surface area contributed by atoms with Crippen molar-refractivity contribution in [3.8, 4) is 0 Å². The minimum atomic E-state index is -0.0902. The van der Waals surface area contributed by atoms with E-state index in [0.717, 1.165) is 18.2 Å². The summed E-state index contributed by atoms with van der Waals surface area (Å²) in [6.45, 7) is 7.48. The molecule has 0 spiro atoms. The Morgan fingerprint density at radius 3 is 2.48 bits per heavy atom. The molecule has 21 heavy (non-hydrogen) atoms. The van der Waals surface area contributed by atoms with E-state index in [-0.39, 0.29) is 5.91 Å². The van der Waals surface area contributed by atoms with E-state index in [1.165, 1.54) is 32.1 Å². The molecular formula is C16H28N4O.